The van der Waals surface area contributed by atoms with Gasteiger partial charge < -0.3 is 45.4 Å². The summed E-state index contributed by atoms with van der Waals surface area (Å²) in [6.45, 7) is 3.65. The van der Waals surface area contributed by atoms with E-state index < -0.39 is 61.5 Å². The molecule has 1 rings (SSSR count). The van der Waals surface area contributed by atoms with Gasteiger partial charge >= 0.3 is 0 Å². The Kier molecular flexibility index (Phi) is 33.1. The molecule has 0 radical (unpaired) electrons. The van der Waals surface area contributed by atoms with Crippen molar-refractivity contribution in [1.29, 1.82) is 0 Å². The van der Waals surface area contributed by atoms with Crippen molar-refractivity contribution >= 4 is 5.91 Å². The number of allylic oxidation sites excluding steroid dienone is 2. The van der Waals surface area contributed by atoms with Crippen LogP contribution in [0, 0.1) is 0 Å². The second kappa shape index (κ2) is 35.1. The van der Waals surface area contributed by atoms with E-state index in [4.69, 9.17) is 9.47 Å². The predicted molar refractivity (Wildman–Crippen MR) is 218 cm³/mol. The van der Waals surface area contributed by atoms with Gasteiger partial charge in [0.2, 0.25) is 5.91 Å². The SMILES string of the molecule is CCCCCCCCC/C=C\CCCCCCC(O)C(=O)NC(COC1OC(CO)C(O)C(O)C1O)C(O)CCCCCCCCCCCCCCCC. The number of nitrogens with one attached hydrogen (secondary N) is 1. The number of rotatable bonds is 37. The molecule has 1 saturated heterocycles. The number of carbonyl (C=O) groups is 1. The van der Waals surface area contributed by atoms with Gasteiger partial charge in [0.25, 0.3) is 0 Å². The van der Waals surface area contributed by atoms with Crippen molar-refractivity contribution in [2.75, 3.05) is 13.2 Å². The van der Waals surface area contributed by atoms with E-state index in [0.29, 0.717) is 19.3 Å². The maximum Gasteiger partial charge on any atom is 0.249 e. The maximum atomic E-state index is 13.0. The second-order valence-electron chi connectivity index (χ2n) is 16.0. The Labute approximate surface area is 329 Å². The molecule has 7 N–H and O–H groups in total. The molecule has 0 aliphatic carbocycles. The maximum absolute atomic E-state index is 13.0. The molecular weight excluding hydrogens is 686 g/mol. The van der Waals surface area contributed by atoms with Gasteiger partial charge in [0.05, 0.1) is 25.4 Å². The zero-order valence-electron chi connectivity index (χ0n) is 34.6. The monoisotopic (exact) mass is 772 g/mol. The third-order valence-electron chi connectivity index (χ3n) is 11.0. The Morgan fingerprint density at radius 2 is 1.04 bits per heavy atom. The van der Waals surface area contributed by atoms with Crippen molar-refractivity contribution in [2.24, 2.45) is 0 Å². The standard InChI is InChI=1S/C44H85NO9/c1-3-5-7-9-11-13-15-17-19-21-23-25-27-29-31-33-38(48)43(52)45-36(35-53-44-42(51)41(50)40(49)39(34-46)54-44)37(47)32-30-28-26-24-22-20-18-16-14-12-10-8-6-4-2/h19,21,36-42,44,46-51H,3-18,20,22-35H2,1-2H3,(H,45,52)/b21-19-. The highest BCUT2D eigenvalue weighted by Gasteiger charge is 2.44. The average Bonchev–Trinajstić information content (AvgIpc) is 3.17. The summed E-state index contributed by atoms with van der Waals surface area (Å²) in [6, 6.07) is -0.894. The highest BCUT2D eigenvalue weighted by atomic mass is 16.7. The van der Waals surface area contributed by atoms with E-state index in [-0.39, 0.29) is 6.61 Å². The van der Waals surface area contributed by atoms with Crippen LogP contribution in [0.25, 0.3) is 0 Å². The highest BCUT2D eigenvalue weighted by molar-refractivity contribution is 5.80. The average molecular weight is 772 g/mol. The van der Waals surface area contributed by atoms with Crippen LogP contribution in [0.15, 0.2) is 12.2 Å². The molecule has 0 aromatic rings. The van der Waals surface area contributed by atoms with Crippen molar-refractivity contribution in [3.05, 3.63) is 12.2 Å². The van der Waals surface area contributed by atoms with Crippen LogP contribution in [0.4, 0.5) is 0 Å². The second-order valence-corrected chi connectivity index (χ2v) is 16.0. The fraction of sp³-hybridized carbons (Fsp3) is 0.932. The van der Waals surface area contributed by atoms with Gasteiger partial charge in [0.15, 0.2) is 6.29 Å². The van der Waals surface area contributed by atoms with Crippen molar-refractivity contribution in [3.8, 4) is 0 Å². The van der Waals surface area contributed by atoms with Gasteiger partial charge in [-0.2, -0.15) is 0 Å². The first-order valence-electron chi connectivity index (χ1n) is 22.5. The minimum atomic E-state index is -1.60. The number of amides is 1. The Balaban J connectivity index is 2.42. The van der Waals surface area contributed by atoms with E-state index in [9.17, 15) is 35.4 Å². The van der Waals surface area contributed by atoms with Crippen LogP contribution < -0.4 is 5.32 Å². The van der Waals surface area contributed by atoms with E-state index >= 15 is 0 Å². The Hall–Kier alpha value is -1.11. The molecule has 1 heterocycles. The van der Waals surface area contributed by atoms with Crippen molar-refractivity contribution in [2.45, 2.75) is 249 Å². The van der Waals surface area contributed by atoms with E-state index in [2.05, 4.69) is 31.3 Å². The molecular formula is C44H85NO9. The lowest BCUT2D eigenvalue weighted by atomic mass is 9.99. The molecule has 0 spiro atoms. The number of hydrogen-bond acceptors (Lipinski definition) is 9. The number of unbranched alkanes of at least 4 members (excludes halogenated alkanes) is 24. The number of aliphatic hydroxyl groups excluding tert-OH is 6. The highest BCUT2D eigenvalue weighted by Crippen LogP contribution is 2.23. The van der Waals surface area contributed by atoms with Crippen LogP contribution in [0.1, 0.15) is 200 Å². The normalized spacial score (nSPS) is 22.1. The molecule has 320 valence electrons. The molecule has 10 nitrogen and oxygen atoms in total. The molecule has 1 fully saturated rings. The number of carbonyl (C=O) groups excluding carboxylic acids is 1. The van der Waals surface area contributed by atoms with Gasteiger partial charge in [0.1, 0.15) is 30.5 Å². The Bertz CT molecular complexity index is 875. The van der Waals surface area contributed by atoms with Crippen molar-refractivity contribution in [3.63, 3.8) is 0 Å². The molecule has 10 heteroatoms. The largest absolute Gasteiger partial charge is 0.394 e. The minimum absolute atomic E-state index is 0.257. The van der Waals surface area contributed by atoms with Crippen LogP contribution in [-0.2, 0) is 14.3 Å². The topological polar surface area (TPSA) is 169 Å². The van der Waals surface area contributed by atoms with Gasteiger partial charge in [0, 0.05) is 0 Å². The smallest absolute Gasteiger partial charge is 0.249 e. The fourth-order valence-electron chi connectivity index (χ4n) is 7.22. The third kappa shape index (κ3) is 25.2. The summed E-state index contributed by atoms with van der Waals surface area (Å²) < 4.78 is 11.2. The first-order valence-corrected chi connectivity index (χ1v) is 22.5. The lowest BCUT2D eigenvalue weighted by Gasteiger charge is -2.40. The molecule has 8 atom stereocenters. The number of aliphatic hydroxyl groups is 6. The summed E-state index contributed by atoms with van der Waals surface area (Å²) in [5.74, 6) is -0.592. The molecule has 1 aliphatic rings. The molecule has 0 aromatic carbocycles. The number of hydrogen-bond donors (Lipinski definition) is 7. The van der Waals surface area contributed by atoms with Crippen LogP contribution in [0.5, 0.6) is 0 Å². The first-order chi connectivity index (χ1) is 26.3. The quantitative estimate of drug-likeness (QED) is 0.0245. The van der Waals surface area contributed by atoms with E-state index in [1.165, 1.54) is 109 Å². The van der Waals surface area contributed by atoms with Crippen LogP contribution >= 0.6 is 0 Å². The van der Waals surface area contributed by atoms with Gasteiger partial charge in [-0.3, -0.25) is 4.79 Å². The first kappa shape index (κ1) is 50.9. The number of ether oxygens (including phenoxy) is 2. The molecule has 0 saturated carbocycles. The summed E-state index contributed by atoms with van der Waals surface area (Å²) in [7, 11) is 0. The van der Waals surface area contributed by atoms with E-state index in [1.807, 2.05) is 0 Å². The van der Waals surface area contributed by atoms with E-state index in [0.717, 1.165) is 57.8 Å². The molecule has 54 heavy (non-hydrogen) atoms. The minimum Gasteiger partial charge on any atom is -0.394 e. The molecule has 1 amide bonds. The Morgan fingerprint density at radius 3 is 1.50 bits per heavy atom. The van der Waals surface area contributed by atoms with Crippen molar-refractivity contribution in [1.82, 2.24) is 5.32 Å². The zero-order valence-corrected chi connectivity index (χ0v) is 34.6. The van der Waals surface area contributed by atoms with E-state index in [1.54, 1.807) is 0 Å². The predicted octanol–water partition coefficient (Wildman–Crippen LogP) is 7.92. The summed E-state index contributed by atoms with van der Waals surface area (Å²) in [5, 5.41) is 64.7. The summed E-state index contributed by atoms with van der Waals surface area (Å²) in [4.78, 5) is 13.0. The molecule has 0 bridgehead atoms. The summed E-state index contributed by atoms with van der Waals surface area (Å²) >= 11 is 0. The lowest BCUT2D eigenvalue weighted by molar-refractivity contribution is -0.302. The van der Waals surface area contributed by atoms with Crippen LogP contribution in [-0.4, -0.2) is 98.7 Å². The zero-order chi connectivity index (χ0) is 39.7. The third-order valence-corrected chi connectivity index (χ3v) is 11.0. The fourth-order valence-corrected chi connectivity index (χ4v) is 7.22. The van der Waals surface area contributed by atoms with Crippen LogP contribution in [0.2, 0.25) is 0 Å². The van der Waals surface area contributed by atoms with Crippen LogP contribution in [0.3, 0.4) is 0 Å². The van der Waals surface area contributed by atoms with Gasteiger partial charge in [-0.25, -0.2) is 0 Å². The summed E-state index contributed by atoms with van der Waals surface area (Å²) in [5.41, 5.74) is 0. The van der Waals surface area contributed by atoms with Gasteiger partial charge in [-0.15, -0.1) is 0 Å². The van der Waals surface area contributed by atoms with Gasteiger partial charge in [-0.05, 0) is 38.5 Å². The summed E-state index contributed by atoms with van der Waals surface area (Å²) in [6.07, 6.45) is 28.3. The molecule has 0 aromatic heterocycles. The lowest BCUT2D eigenvalue weighted by Crippen LogP contribution is -2.60. The van der Waals surface area contributed by atoms with Gasteiger partial charge in [-0.1, -0.05) is 174 Å². The molecule has 8 unspecified atom stereocenters. The Morgan fingerprint density at radius 1 is 0.611 bits per heavy atom. The van der Waals surface area contributed by atoms with Crippen molar-refractivity contribution < 1.29 is 44.9 Å². The molecule has 1 aliphatic heterocycles.